The standard InChI is InChI=1S/C27H28N2O3S/c1-3-31-27(30)14-11-23-16-29(17-26(23)22-7-5-4-6-8-22)15-21-9-12-25(13-10-21)32-18-24-19-33-20(2)28-24/h4-10,12-13,16-17,19H,3,11,14-15,18H2,1-2H3. The Bertz CT molecular complexity index is 1180. The molecule has 170 valence electrons. The molecule has 0 bridgehead atoms. The minimum absolute atomic E-state index is 0.160. The molecule has 0 fully saturated rings. The number of aryl methyl sites for hydroxylation is 2. The van der Waals surface area contributed by atoms with Gasteiger partial charge in [0.15, 0.2) is 0 Å². The summed E-state index contributed by atoms with van der Waals surface area (Å²) in [6.07, 6.45) is 5.32. The first-order chi connectivity index (χ1) is 16.1. The number of esters is 1. The SMILES string of the molecule is CCOC(=O)CCc1cn(Cc2ccc(OCc3csc(C)n3)cc2)cc1-c1ccccc1. The fourth-order valence-corrected chi connectivity index (χ4v) is 4.32. The molecule has 33 heavy (non-hydrogen) atoms. The van der Waals surface area contributed by atoms with Gasteiger partial charge in [0.05, 0.1) is 17.3 Å². The molecule has 0 aliphatic heterocycles. The number of carbonyl (C=O) groups is 1. The van der Waals surface area contributed by atoms with Gasteiger partial charge in [-0.25, -0.2) is 4.98 Å². The summed E-state index contributed by atoms with van der Waals surface area (Å²) in [6, 6.07) is 18.5. The number of rotatable bonds is 10. The second-order valence-electron chi connectivity index (χ2n) is 7.83. The Morgan fingerprint density at radius 2 is 1.85 bits per heavy atom. The van der Waals surface area contributed by atoms with Crippen LogP contribution < -0.4 is 4.74 Å². The Morgan fingerprint density at radius 3 is 2.55 bits per heavy atom. The van der Waals surface area contributed by atoms with Crippen molar-refractivity contribution < 1.29 is 14.3 Å². The summed E-state index contributed by atoms with van der Waals surface area (Å²) < 4.78 is 13.1. The first kappa shape index (κ1) is 22.8. The summed E-state index contributed by atoms with van der Waals surface area (Å²) in [5, 5.41) is 3.08. The molecule has 2 aromatic heterocycles. The summed E-state index contributed by atoms with van der Waals surface area (Å²) in [4.78, 5) is 16.3. The van der Waals surface area contributed by atoms with Crippen LogP contribution in [0.5, 0.6) is 5.75 Å². The van der Waals surface area contributed by atoms with Crippen LogP contribution in [-0.2, 0) is 29.1 Å². The predicted octanol–water partition coefficient (Wildman–Crippen LogP) is 6.04. The van der Waals surface area contributed by atoms with Crippen LogP contribution in [0.4, 0.5) is 0 Å². The maximum Gasteiger partial charge on any atom is 0.306 e. The van der Waals surface area contributed by atoms with Crippen LogP contribution >= 0.6 is 11.3 Å². The average molecular weight is 461 g/mol. The molecule has 2 heterocycles. The first-order valence-corrected chi connectivity index (χ1v) is 12.0. The molecule has 6 heteroatoms. The van der Waals surface area contributed by atoms with Crippen LogP contribution in [0.1, 0.15) is 35.2 Å². The van der Waals surface area contributed by atoms with Gasteiger partial charge in [0.25, 0.3) is 0 Å². The third-order valence-corrected chi connectivity index (χ3v) is 6.12. The van der Waals surface area contributed by atoms with E-state index in [-0.39, 0.29) is 5.97 Å². The highest BCUT2D eigenvalue weighted by Gasteiger charge is 2.12. The van der Waals surface area contributed by atoms with E-state index in [1.807, 2.05) is 49.6 Å². The lowest BCUT2D eigenvalue weighted by Gasteiger charge is -2.07. The van der Waals surface area contributed by atoms with Gasteiger partial charge in [-0.05, 0) is 49.1 Å². The Kier molecular flexibility index (Phi) is 7.58. The zero-order chi connectivity index (χ0) is 23.0. The average Bonchev–Trinajstić information content (AvgIpc) is 3.43. The van der Waals surface area contributed by atoms with E-state index in [1.165, 1.54) is 5.56 Å². The van der Waals surface area contributed by atoms with Crippen molar-refractivity contribution in [1.82, 2.24) is 9.55 Å². The largest absolute Gasteiger partial charge is 0.487 e. The van der Waals surface area contributed by atoms with Crippen LogP contribution in [-0.4, -0.2) is 22.1 Å². The Morgan fingerprint density at radius 1 is 1.06 bits per heavy atom. The highest BCUT2D eigenvalue weighted by atomic mass is 32.1. The van der Waals surface area contributed by atoms with E-state index in [2.05, 4.69) is 46.2 Å². The van der Waals surface area contributed by atoms with Gasteiger partial charge >= 0.3 is 5.97 Å². The smallest absolute Gasteiger partial charge is 0.306 e. The Hall–Kier alpha value is -3.38. The van der Waals surface area contributed by atoms with Crippen molar-refractivity contribution in [2.75, 3.05) is 6.61 Å². The monoisotopic (exact) mass is 460 g/mol. The molecule has 0 aliphatic carbocycles. The number of ether oxygens (including phenoxy) is 2. The van der Waals surface area contributed by atoms with E-state index in [4.69, 9.17) is 9.47 Å². The minimum Gasteiger partial charge on any atom is -0.487 e. The summed E-state index contributed by atoms with van der Waals surface area (Å²) in [6.45, 7) is 5.46. The fourth-order valence-electron chi connectivity index (χ4n) is 3.73. The van der Waals surface area contributed by atoms with Gasteiger partial charge in [0, 0.05) is 36.3 Å². The molecule has 0 spiro atoms. The van der Waals surface area contributed by atoms with Crippen LogP contribution in [0.25, 0.3) is 11.1 Å². The summed E-state index contributed by atoms with van der Waals surface area (Å²) in [7, 11) is 0. The second-order valence-corrected chi connectivity index (χ2v) is 8.89. The van der Waals surface area contributed by atoms with Gasteiger partial charge in [0.2, 0.25) is 0 Å². The summed E-state index contributed by atoms with van der Waals surface area (Å²) >= 11 is 1.63. The molecule has 4 aromatic rings. The van der Waals surface area contributed by atoms with Crippen molar-refractivity contribution in [1.29, 1.82) is 0 Å². The molecule has 0 amide bonds. The van der Waals surface area contributed by atoms with Crippen molar-refractivity contribution in [2.45, 2.75) is 39.8 Å². The molecule has 0 aliphatic rings. The van der Waals surface area contributed by atoms with Gasteiger partial charge < -0.3 is 14.0 Å². The van der Waals surface area contributed by atoms with Crippen LogP contribution in [0.3, 0.4) is 0 Å². The zero-order valence-corrected chi connectivity index (χ0v) is 19.8. The molecule has 0 saturated carbocycles. The van der Waals surface area contributed by atoms with Crippen LogP contribution in [0.2, 0.25) is 0 Å². The molecular weight excluding hydrogens is 432 g/mol. The quantitative estimate of drug-likeness (QED) is 0.271. The third-order valence-electron chi connectivity index (χ3n) is 5.29. The van der Waals surface area contributed by atoms with Crippen LogP contribution in [0.15, 0.2) is 72.4 Å². The first-order valence-electron chi connectivity index (χ1n) is 11.1. The number of hydrogen-bond donors (Lipinski definition) is 0. The summed E-state index contributed by atoms with van der Waals surface area (Å²) in [5.74, 6) is 0.671. The van der Waals surface area contributed by atoms with Gasteiger partial charge in [0.1, 0.15) is 12.4 Å². The Labute approximate surface area is 198 Å². The molecule has 4 rings (SSSR count). The molecule has 0 atom stereocenters. The normalized spacial score (nSPS) is 10.8. The van der Waals surface area contributed by atoms with Crippen molar-refractivity contribution in [3.63, 3.8) is 0 Å². The number of hydrogen-bond acceptors (Lipinski definition) is 5. The van der Waals surface area contributed by atoms with Crippen molar-refractivity contribution in [3.8, 4) is 16.9 Å². The third kappa shape index (κ3) is 6.33. The fraction of sp³-hybridized carbons (Fsp3) is 0.259. The zero-order valence-electron chi connectivity index (χ0n) is 19.0. The van der Waals surface area contributed by atoms with E-state index >= 15 is 0 Å². The molecule has 0 unspecified atom stereocenters. The Balaban J connectivity index is 1.45. The van der Waals surface area contributed by atoms with Crippen molar-refractivity contribution >= 4 is 17.3 Å². The lowest BCUT2D eigenvalue weighted by atomic mass is 10.0. The number of nitrogens with zero attached hydrogens (tertiary/aromatic N) is 2. The lowest BCUT2D eigenvalue weighted by Crippen LogP contribution is -2.05. The van der Waals surface area contributed by atoms with Gasteiger partial charge in [-0.2, -0.15) is 0 Å². The van der Waals surface area contributed by atoms with Gasteiger partial charge in [-0.3, -0.25) is 4.79 Å². The molecule has 0 N–H and O–H groups in total. The summed E-state index contributed by atoms with van der Waals surface area (Å²) in [5.41, 5.74) is 5.58. The lowest BCUT2D eigenvalue weighted by molar-refractivity contribution is -0.143. The highest BCUT2D eigenvalue weighted by molar-refractivity contribution is 7.09. The number of benzene rings is 2. The highest BCUT2D eigenvalue weighted by Crippen LogP contribution is 2.27. The minimum atomic E-state index is -0.160. The van der Waals surface area contributed by atoms with E-state index < -0.39 is 0 Å². The van der Waals surface area contributed by atoms with Gasteiger partial charge in [-0.1, -0.05) is 42.5 Å². The molecular formula is C27H28N2O3S. The topological polar surface area (TPSA) is 53.4 Å². The molecule has 0 saturated heterocycles. The van der Waals surface area contributed by atoms with Crippen molar-refractivity contribution in [2.24, 2.45) is 0 Å². The number of carbonyl (C=O) groups excluding carboxylic acids is 1. The predicted molar refractivity (Wildman–Crippen MR) is 132 cm³/mol. The van der Waals surface area contributed by atoms with E-state index in [1.54, 1.807) is 11.3 Å². The molecule has 5 nitrogen and oxygen atoms in total. The maximum atomic E-state index is 11.9. The molecule has 2 aromatic carbocycles. The van der Waals surface area contributed by atoms with Gasteiger partial charge in [-0.15, -0.1) is 11.3 Å². The van der Waals surface area contributed by atoms with E-state index in [0.717, 1.165) is 39.7 Å². The van der Waals surface area contributed by atoms with Crippen molar-refractivity contribution in [3.05, 3.63) is 94.2 Å². The molecule has 0 radical (unpaired) electrons. The van der Waals surface area contributed by atoms with E-state index in [9.17, 15) is 4.79 Å². The second kappa shape index (κ2) is 11.0. The maximum absolute atomic E-state index is 11.9. The van der Waals surface area contributed by atoms with Crippen LogP contribution in [0, 0.1) is 6.92 Å². The number of aromatic nitrogens is 2. The van der Waals surface area contributed by atoms with E-state index in [0.29, 0.717) is 26.1 Å². The number of thiazole rings is 1.